The number of esters is 1. The van der Waals surface area contributed by atoms with Gasteiger partial charge in [0.1, 0.15) is 0 Å². The van der Waals surface area contributed by atoms with Gasteiger partial charge >= 0.3 is 5.97 Å². The zero-order chi connectivity index (χ0) is 17.6. The van der Waals surface area contributed by atoms with Gasteiger partial charge in [0.25, 0.3) is 10.0 Å². The van der Waals surface area contributed by atoms with Crippen LogP contribution in [0.4, 0.5) is 5.69 Å². The largest absolute Gasteiger partial charge is 0.462 e. The number of hydrogen-bond donors (Lipinski definition) is 1. The molecular weight excluding hydrogens is 328 g/mol. The molecule has 0 heterocycles. The summed E-state index contributed by atoms with van der Waals surface area (Å²) >= 11 is 0. The number of benzene rings is 2. The Morgan fingerprint density at radius 3 is 2.29 bits per heavy atom. The number of nitriles is 1. The van der Waals surface area contributed by atoms with E-state index in [2.05, 4.69) is 4.72 Å². The van der Waals surface area contributed by atoms with Gasteiger partial charge in [0.05, 0.1) is 28.7 Å². The smallest absolute Gasteiger partial charge is 0.338 e. The molecule has 24 heavy (non-hydrogen) atoms. The standard InChI is InChI=1S/C17H16N2O4S/c1-2-11-23-17(20)14-5-7-15(8-6-14)19-24(21,22)16-9-3-13(12-18)4-10-16/h3-10,19H,2,11H2,1H3. The average molecular weight is 344 g/mol. The van der Waals surface area contributed by atoms with Crippen molar-refractivity contribution in [3.05, 3.63) is 59.7 Å². The Labute approximate surface area is 140 Å². The molecule has 0 amide bonds. The van der Waals surface area contributed by atoms with E-state index in [0.717, 1.165) is 6.42 Å². The maximum Gasteiger partial charge on any atom is 0.338 e. The molecule has 124 valence electrons. The minimum atomic E-state index is -3.76. The van der Waals surface area contributed by atoms with Crippen LogP contribution in [0.15, 0.2) is 53.4 Å². The molecule has 0 radical (unpaired) electrons. The van der Waals surface area contributed by atoms with E-state index < -0.39 is 16.0 Å². The maximum atomic E-state index is 12.3. The summed E-state index contributed by atoms with van der Waals surface area (Å²) in [6.45, 7) is 2.24. The molecule has 0 saturated heterocycles. The van der Waals surface area contributed by atoms with Crippen LogP contribution < -0.4 is 4.72 Å². The molecule has 0 aliphatic heterocycles. The number of carbonyl (C=O) groups excluding carboxylic acids is 1. The van der Waals surface area contributed by atoms with E-state index >= 15 is 0 Å². The van der Waals surface area contributed by atoms with Crippen LogP contribution in [0.25, 0.3) is 0 Å². The highest BCUT2D eigenvalue weighted by Gasteiger charge is 2.14. The Balaban J connectivity index is 2.12. The van der Waals surface area contributed by atoms with Gasteiger partial charge in [0.2, 0.25) is 0 Å². The first-order chi connectivity index (χ1) is 11.5. The van der Waals surface area contributed by atoms with E-state index in [1.165, 1.54) is 48.5 Å². The molecular formula is C17H16N2O4S. The van der Waals surface area contributed by atoms with Crippen molar-refractivity contribution in [1.29, 1.82) is 5.26 Å². The fourth-order valence-electron chi connectivity index (χ4n) is 1.88. The van der Waals surface area contributed by atoms with Crippen molar-refractivity contribution in [3.63, 3.8) is 0 Å². The molecule has 0 saturated carbocycles. The first-order valence-electron chi connectivity index (χ1n) is 7.26. The Kier molecular flexibility index (Phi) is 5.55. The minimum Gasteiger partial charge on any atom is -0.462 e. The summed E-state index contributed by atoms with van der Waals surface area (Å²) in [5.41, 5.74) is 1.06. The molecule has 0 fully saturated rings. The second-order valence-corrected chi connectivity index (χ2v) is 6.64. The Morgan fingerprint density at radius 2 is 1.75 bits per heavy atom. The maximum absolute atomic E-state index is 12.3. The normalized spacial score (nSPS) is 10.7. The summed E-state index contributed by atoms with van der Waals surface area (Å²) in [5.74, 6) is -0.446. The highest BCUT2D eigenvalue weighted by molar-refractivity contribution is 7.92. The fourth-order valence-corrected chi connectivity index (χ4v) is 2.93. The van der Waals surface area contributed by atoms with Crippen molar-refractivity contribution in [2.24, 2.45) is 0 Å². The zero-order valence-corrected chi connectivity index (χ0v) is 13.8. The lowest BCUT2D eigenvalue weighted by atomic mass is 10.2. The molecule has 2 aromatic carbocycles. The van der Waals surface area contributed by atoms with E-state index in [4.69, 9.17) is 10.00 Å². The third-order valence-electron chi connectivity index (χ3n) is 3.10. The molecule has 0 spiro atoms. The molecule has 0 aromatic heterocycles. The quantitative estimate of drug-likeness (QED) is 0.813. The van der Waals surface area contributed by atoms with Crippen molar-refractivity contribution in [1.82, 2.24) is 0 Å². The highest BCUT2D eigenvalue weighted by atomic mass is 32.2. The Bertz CT molecular complexity index is 851. The van der Waals surface area contributed by atoms with Gasteiger partial charge in [0, 0.05) is 5.69 Å². The summed E-state index contributed by atoms with van der Waals surface area (Å²) < 4.78 is 32.0. The molecule has 0 aliphatic carbocycles. The summed E-state index contributed by atoms with van der Waals surface area (Å²) in [5, 5.41) is 8.74. The van der Waals surface area contributed by atoms with Crippen LogP contribution in [0.2, 0.25) is 0 Å². The van der Waals surface area contributed by atoms with Gasteiger partial charge < -0.3 is 4.74 Å². The van der Waals surface area contributed by atoms with Crippen molar-refractivity contribution in [2.75, 3.05) is 11.3 Å². The molecule has 2 aromatic rings. The summed E-state index contributed by atoms with van der Waals surface area (Å²) in [7, 11) is -3.76. The van der Waals surface area contributed by atoms with E-state index in [0.29, 0.717) is 23.4 Å². The second-order valence-electron chi connectivity index (χ2n) is 4.95. The zero-order valence-electron chi connectivity index (χ0n) is 13.0. The van der Waals surface area contributed by atoms with Gasteiger partial charge in [-0.2, -0.15) is 5.26 Å². The lowest BCUT2D eigenvalue weighted by Crippen LogP contribution is -2.13. The van der Waals surface area contributed by atoms with Gasteiger partial charge in [-0.15, -0.1) is 0 Å². The van der Waals surface area contributed by atoms with E-state index in [1.807, 2.05) is 13.0 Å². The monoisotopic (exact) mass is 344 g/mol. The number of anilines is 1. The number of rotatable bonds is 6. The number of nitrogens with one attached hydrogen (secondary N) is 1. The molecule has 2 rings (SSSR count). The van der Waals surface area contributed by atoms with E-state index in [9.17, 15) is 13.2 Å². The van der Waals surface area contributed by atoms with Gasteiger partial charge in [-0.25, -0.2) is 13.2 Å². The SMILES string of the molecule is CCCOC(=O)c1ccc(NS(=O)(=O)c2ccc(C#N)cc2)cc1. The minimum absolute atomic E-state index is 0.0490. The van der Waals surface area contributed by atoms with Crippen molar-refractivity contribution in [3.8, 4) is 6.07 Å². The molecule has 1 N–H and O–H groups in total. The van der Waals surface area contributed by atoms with Crippen molar-refractivity contribution >= 4 is 21.7 Å². The fraction of sp³-hybridized carbons (Fsp3) is 0.176. The lowest BCUT2D eigenvalue weighted by Gasteiger charge is -2.09. The van der Waals surface area contributed by atoms with Crippen molar-refractivity contribution < 1.29 is 17.9 Å². The van der Waals surface area contributed by atoms with Gasteiger partial charge in [-0.3, -0.25) is 4.72 Å². The first-order valence-corrected chi connectivity index (χ1v) is 8.75. The van der Waals surface area contributed by atoms with Gasteiger partial charge in [-0.1, -0.05) is 6.92 Å². The van der Waals surface area contributed by atoms with E-state index in [-0.39, 0.29) is 4.90 Å². The topological polar surface area (TPSA) is 96.3 Å². The van der Waals surface area contributed by atoms with Gasteiger partial charge in [-0.05, 0) is 55.0 Å². The molecule has 6 nitrogen and oxygen atoms in total. The number of ether oxygens (including phenoxy) is 1. The highest BCUT2D eigenvalue weighted by Crippen LogP contribution is 2.17. The van der Waals surface area contributed by atoms with Crippen LogP contribution in [-0.4, -0.2) is 21.0 Å². The lowest BCUT2D eigenvalue weighted by molar-refractivity contribution is 0.0505. The van der Waals surface area contributed by atoms with E-state index in [1.54, 1.807) is 0 Å². The predicted molar refractivity (Wildman–Crippen MR) is 89.0 cm³/mol. The molecule has 0 bridgehead atoms. The van der Waals surface area contributed by atoms with Crippen LogP contribution >= 0.6 is 0 Å². The molecule has 0 unspecified atom stereocenters. The Hall–Kier alpha value is -2.85. The van der Waals surface area contributed by atoms with Gasteiger partial charge in [0.15, 0.2) is 0 Å². The van der Waals surface area contributed by atoms with Crippen LogP contribution in [-0.2, 0) is 14.8 Å². The van der Waals surface area contributed by atoms with Crippen LogP contribution in [0, 0.1) is 11.3 Å². The van der Waals surface area contributed by atoms with Crippen molar-refractivity contribution in [2.45, 2.75) is 18.2 Å². The van der Waals surface area contributed by atoms with Crippen LogP contribution in [0.5, 0.6) is 0 Å². The number of hydrogen-bond acceptors (Lipinski definition) is 5. The molecule has 0 atom stereocenters. The Morgan fingerprint density at radius 1 is 1.12 bits per heavy atom. The van der Waals surface area contributed by atoms with Crippen LogP contribution in [0.3, 0.4) is 0 Å². The summed E-state index contributed by atoms with van der Waals surface area (Å²) in [6.07, 6.45) is 0.730. The number of carbonyl (C=O) groups is 1. The molecule has 7 heteroatoms. The average Bonchev–Trinajstić information content (AvgIpc) is 2.60. The number of nitrogens with zero attached hydrogens (tertiary/aromatic N) is 1. The summed E-state index contributed by atoms with van der Waals surface area (Å²) in [4.78, 5) is 11.7. The third kappa shape index (κ3) is 4.33. The second kappa shape index (κ2) is 7.62. The van der Waals surface area contributed by atoms with Crippen LogP contribution in [0.1, 0.15) is 29.3 Å². The third-order valence-corrected chi connectivity index (χ3v) is 4.50. The number of sulfonamides is 1. The molecule has 0 aliphatic rings. The first kappa shape index (κ1) is 17.5. The summed E-state index contributed by atoms with van der Waals surface area (Å²) in [6, 6.07) is 13.5. The predicted octanol–water partition coefficient (Wildman–Crippen LogP) is 2.93.